The summed E-state index contributed by atoms with van der Waals surface area (Å²) in [5.41, 5.74) is 10.4. The second-order valence-electron chi connectivity index (χ2n) is 12.0. The summed E-state index contributed by atoms with van der Waals surface area (Å²) in [4.78, 5) is 23.0. The first-order valence-corrected chi connectivity index (χ1v) is 14.8. The molecule has 2 saturated heterocycles. The Morgan fingerprint density at radius 3 is 2.39 bits per heavy atom. The maximum absolute atomic E-state index is 12.1. The SMILES string of the molecule is Cn1c(-c2ccc(-c3c[nH]c4ncc(-c5ccc6c(c5)CC[C@@H](N5C7COCC5C7)CC6)cc34)cc2)cccc1=O. The molecule has 6 nitrogen and oxygen atoms in total. The molecule has 2 unspecified atom stereocenters. The van der Waals surface area contributed by atoms with Gasteiger partial charge in [0.15, 0.2) is 0 Å². The number of aromatic amines is 1. The van der Waals surface area contributed by atoms with Gasteiger partial charge in [0.05, 0.1) is 18.9 Å². The number of rotatable bonds is 4. The van der Waals surface area contributed by atoms with E-state index in [0.29, 0.717) is 18.1 Å². The number of fused-ring (bicyclic) bond motifs is 4. The van der Waals surface area contributed by atoms with E-state index >= 15 is 0 Å². The molecular weight excluding hydrogens is 508 g/mol. The molecule has 3 aromatic heterocycles. The molecule has 0 saturated carbocycles. The van der Waals surface area contributed by atoms with Crippen LogP contribution in [0.15, 0.2) is 83.9 Å². The van der Waals surface area contributed by atoms with Crippen LogP contribution in [0.5, 0.6) is 0 Å². The molecule has 5 aromatic rings. The molecule has 1 N–H and O–H groups in total. The number of hydrogen-bond acceptors (Lipinski definition) is 4. The van der Waals surface area contributed by atoms with Gasteiger partial charge in [0.1, 0.15) is 5.65 Å². The number of pyridine rings is 2. The first kappa shape index (κ1) is 24.8. The van der Waals surface area contributed by atoms with Crippen molar-refractivity contribution in [2.45, 2.75) is 50.2 Å². The fourth-order valence-corrected chi connectivity index (χ4v) is 7.41. The molecule has 0 amide bonds. The summed E-state index contributed by atoms with van der Waals surface area (Å²) in [5.74, 6) is 0. The number of benzene rings is 2. The highest BCUT2D eigenvalue weighted by atomic mass is 16.5. The van der Waals surface area contributed by atoms with E-state index < -0.39 is 0 Å². The van der Waals surface area contributed by atoms with Crippen molar-refractivity contribution in [2.24, 2.45) is 7.05 Å². The maximum Gasteiger partial charge on any atom is 0.250 e. The Morgan fingerprint density at radius 2 is 1.59 bits per heavy atom. The molecule has 0 radical (unpaired) electrons. The molecule has 41 heavy (non-hydrogen) atoms. The molecule has 1 aliphatic carbocycles. The number of hydrogen-bond donors (Lipinski definition) is 1. The molecular formula is C35H34N4O2. The van der Waals surface area contributed by atoms with Crippen LogP contribution in [0.1, 0.15) is 30.4 Å². The zero-order chi connectivity index (χ0) is 27.5. The number of aromatic nitrogens is 3. The Labute approximate surface area is 239 Å². The Morgan fingerprint density at radius 1 is 0.829 bits per heavy atom. The van der Waals surface area contributed by atoms with E-state index in [1.807, 2.05) is 31.6 Å². The minimum Gasteiger partial charge on any atom is -0.378 e. The summed E-state index contributed by atoms with van der Waals surface area (Å²) < 4.78 is 7.43. The lowest BCUT2D eigenvalue weighted by Crippen LogP contribution is -2.66. The monoisotopic (exact) mass is 542 g/mol. The summed E-state index contributed by atoms with van der Waals surface area (Å²) in [6, 6.07) is 25.1. The van der Waals surface area contributed by atoms with Crippen LogP contribution >= 0.6 is 0 Å². The van der Waals surface area contributed by atoms with Gasteiger partial charge in [-0.25, -0.2) is 4.98 Å². The first-order chi connectivity index (χ1) is 20.1. The summed E-state index contributed by atoms with van der Waals surface area (Å²) in [5, 5.41) is 1.11. The van der Waals surface area contributed by atoms with E-state index in [4.69, 9.17) is 9.72 Å². The lowest BCUT2D eigenvalue weighted by Gasteiger charge is -2.56. The summed E-state index contributed by atoms with van der Waals surface area (Å²) >= 11 is 0. The van der Waals surface area contributed by atoms with Crippen molar-refractivity contribution < 1.29 is 4.74 Å². The van der Waals surface area contributed by atoms with Crippen LogP contribution in [-0.4, -0.2) is 50.8 Å². The number of nitrogens with one attached hydrogen (secondary N) is 1. The molecule has 0 spiro atoms. The minimum absolute atomic E-state index is 0.00650. The second kappa shape index (κ2) is 9.82. The zero-order valence-corrected chi connectivity index (χ0v) is 23.3. The van der Waals surface area contributed by atoms with Gasteiger partial charge in [-0.2, -0.15) is 0 Å². The van der Waals surface area contributed by atoms with E-state index in [9.17, 15) is 4.79 Å². The van der Waals surface area contributed by atoms with Crippen LogP contribution in [0.3, 0.4) is 0 Å². The van der Waals surface area contributed by atoms with Crippen molar-refractivity contribution in [1.29, 1.82) is 0 Å². The quantitative estimate of drug-likeness (QED) is 0.284. The third kappa shape index (κ3) is 4.25. The fraction of sp³-hybridized carbons (Fsp3) is 0.314. The van der Waals surface area contributed by atoms with E-state index in [1.54, 1.807) is 10.6 Å². The van der Waals surface area contributed by atoms with Gasteiger partial charge in [-0.05, 0) is 72.1 Å². The fourth-order valence-electron chi connectivity index (χ4n) is 7.41. The lowest BCUT2D eigenvalue weighted by atomic mass is 9.87. The minimum atomic E-state index is -0.00650. The summed E-state index contributed by atoms with van der Waals surface area (Å²) in [7, 11) is 1.81. The van der Waals surface area contributed by atoms with Gasteiger partial charge < -0.3 is 14.3 Å². The Kier molecular flexibility index (Phi) is 5.93. The van der Waals surface area contributed by atoms with Crippen LogP contribution < -0.4 is 5.56 Å². The molecule has 3 atom stereocenters. The normalized spacial score (nSPS) is 22.2. The van der Waals surface area contributed by atoms with Gasteiger partial charge >= 0.3 is 0 Å². The first-order valence-electron chi connectivity index (χ1n) is 14.8. The van der Waals surface area contributed by atoms with E-state index in [1.165, 1.54) is 36.0 Å². The van der Waals surface area contributed by atoms with Gasteiger partial charge in [-0.3, -0.25) is 9.69 Å². The van der Waals surface area contributed by atoms with Crippen LogP contribution in [0, 0.1) is 0 Å². The van der Waals surface area contributed by atoms with Crippen molar-refractivity contribution in [1.82, 2.24) is 19.4 Å². The topological polar surface area (TPSA) is 63.1 Å². The van der Waals surface area contributed by atoms with Gasteiger partial charge in [0, 0.05) is 60.1 Å². The van der Waals surface area contributed by atoms with Crippen LogP contribution in [0.2, 0.25) is 0 Å². The van der Waals surface area contributed by atoms with Gasteiger partial charge in [-0.1, -0.05) is 48.5 Å². The van der Waals surface area contributed by atoms with Crippen molar-refractivity contribution in [3.63, 3.8) is 0 Å². The van der Waals surface area contributed by atoms with E-state index in [2.05, 4.69) is 58.4 Å². The highest BCUT2D eigenvalue weighted by Gasteiger charge is 2.45. The van der Waals surface area contributed by atoms with Crippen molar-refractivity contribution in [3.8, 4) is 33.5 Å². The number of ether oxygens (including phenoxy) is 1. The summed E-state index contributed by atoms with van der Waals surface area (Å²) in [6.07, 6.45) is 10.1. The predicted molar refractivity (Wildman–Crippen MR) is 163 cm³/mol. The maximum atomic E-state index is 12.1. The van der Waals surface area contributed by atoms with Crippen LogP contribution in [-0.2, 0) is 24.6 Å². The third-order valence-electron chi connectivity index (χ3n) is 9.67. The van der Waals surface area contributed by atoms with Crippen LogP contribution in [0.25, 0.3) is 44.5 Å². The number of nitrogens with zero attached hydrogens (tertiary/aromatic N) is 3. The number of aryl methyl sites for hydroxylation is 2. The Bertz CT molecular complexity index is 1800. The number of morpholine rings is 1. The zero-order valence-electron chi connectivity index (χ0n) is 23.3. The van der Waals surface area contributed by atoms with Gasteiger partial charge in [0.2, 0.25) is 0 Å². The molecule has 206 valence electrons. The molecule has 2 fully saturated rings. The largest absolute Gasteiger partial charge is 0.378 e. The molecule has 2 bridgehead atoms. The molecule has 6 heteroatoms. The summed E-state index contributed by atoms with van der Waals surface area (Å²) in [6.45, 7) is 1.83. The number of H-pyrrole nitrogens is 1. The molecule has 8 rings (SSSR count). The van der Waals surface area contributed by atoms with E-state index in [0.717, 1.165) is 65.0 Å². The van der Waals surface area contributed by atoms with Crippen molar-refractivity contribution >= 4 is 11.0 Å². The Balaban J connectivity index is 1.07. The van der Waals surface area contributed by atoms with Crippen molar-refractivity contribution in [3.05, 3.63) is 101 Å². The van der Waals surface area contributed by atoms with Gasteiger partial charge in [-0.15, -0.1) is 0 Å². The lowest BCUT2D eigenvalue weighted by molar-refractivity contribution is -0.148. The molecule has 5 heterocycles. The third-order valence-corrected chi connectivity index (χ3v) is 9.67. The standard InChI is InChI=1S/C35H34N4O2/c1-38-33(3-2-4-34(38)40)24-8-6-23(7-9-24)32-19-37-35-31(32)16-27(18-36-35)26-10-5-22-11-13-28(14-12-25(22)15-26)39-29-17-30(39)21-41-20-29/h2-10,15-16,18-19,28-30H,11-14,17,20-21H2,1H3,(H,36,37)/t28-,29?,30?/m0/s1. The molecule has 2 aliphatic heterocycles. The average molecular weight is 543 g/mol. The van der Waals surface area contributed by atoms with E-state index in [-0.39, 0.29) is 5.56 Å². The van der Waals surface area contributed by atoms with Crippen LogP contribution in [0.4, 0.5) is 0 Å². The molecule has 2 aromatic carbocycles. The second-order valence-corrected chi connectivity index (χ2v) is 12.0. The predicted octanol–water partition coefficient (Wildman–Crippen LogP) is 5.98. The highest BCUT2D eigenvalue weighted by Crippen LogP contribution is 2.38. The molecule has 3 aliphatic rings. The highest BCUT2D eigenvalue weighted by molar-refractivity contribution is 5.96. The smallest absolute Gasteiger partial charge is 0.250 e. The Hall–Kier alpha value is -4.00. The average Bonchev–Trinajstić information content (AvgIpc) is 3.33. The van der Waals surface area contributed by atoms with Gasteiger partial charge in [0.25, 0.3) is 5.56 Å². The van der Waals surface area contributed by atoms with Crippen molar-refractivity contribution in [2.75, 3.05) is 13.2 Å².